The van der Waals surface area contributed by atoms with Gasteiger partial charge in [-0.3, -0.25) is 0 Å². The predicted octanol–water partition coefficient (Wildman–Crippen LogP) is 7.47. The Balaban J connectivity index is 1.46. The summed E-state index contributed by atoms with van der Waals surface area (Å²) in [4.78, 5) is 0. The molecule has 162 valence electrons. The number of rotatable bonds is 5. The van der Waals surface area contributed by atoms with Crippen LogP contribution in [0.1, 0.15) is 112 Å². The van der Waals surface area contributed by atoms with Gasteiger partial charge in [-0.05, 0) is 110 Å². The smallest absolute Gasteiger partial charge is 0.0543 e. The van der Waals surface area contributed by atoms with Crippen molar-refractivity contribution in [3.8, 4) is 0 Å². The van der Waals surface area contributed by atoms with Gasteiger partial charge in [0.15, 0.2) is 0 Å². The zero-order chi connectivity index (χ0) is 20.1. The van der Waals surface area contributed by atoms with Crippen molar-refractivity contribution >= 4 is 0 Å². The molecule has 1 N–H and O–H groups in total. The van der Waals surface area contributed by atoms with Crippen molar-refractivity contribution in [2.24, 2.45) is 52.3 Å². The zero-order valence-corrected chi connectivity index (χ0v) is 19.6. The van der Waals surface area contributed by atoms with Crippen LogP contribution < -0.4 is 0 Å². The van der Waals surface area contributed by atoms with E-state index in [2.05, 4.69) is 34.6 Å². The van der Waals surface area contributed by atoms with Crippen LogP contribution in [-0.4, -0.2) is 11.2 Å². The molecule has 9 atom stereocenters. The van der Waals surface area contributed by atoms with Gasteiger partial charge in [0.2, 0.25) is 0 Å². The van der Waals surface area contributed by atoms with Crippen molar-refractivity contribution in [1.82, 2.24) is 0 Å². The van der Waals surface area contributed by atoms with E-state index >= 15 is 0 Å². The average Bonchev–Trinajstić information content (AvgIpc) is 2.99. The maximum atomic E-state index is 10.3. The lowest BCUT2D eigenvalue weighted by Crippen LogP contribution is -2.54. The number of fused-ring (bicyclic) bond motifs is 5. The van der Waals surface area contributed by atoms with Gasteiger partial charge < -0.3 is 5.11 Å². The SMILES string of the molecule is CC(C)CCCC(C)[C@H]1CCC2[C@@H]3CCC4C[C@@H](O)CC[C@]4(C)C3CC[C@@]21C. The van der Waals surface area contributed by atoms with Gasteiger partial charge in [-0.15, -0.1) is 0 Å². The Bertz CT molecular complexity index is 540. The topological polar surface area (TPSA) is 20.2 Å². The second-order valence-electron chi connectivity index (χ2n) is 12.6. The van der Waals surface area contributed by atoms with E-state index in [9.17, 15) is 5.11 Å². The van der Waals surface area contributed by atoms with Gasteiger partial charge in [0.1, 0.15) is 0 Å². The third kappa shape index (κ3) is 3.50. The van der Waals surface area contributed by atoms with E-state index in [1.54, 1.807) is 0 Å². The summed E-state index contributed by atoms with van der Waals surface area (Å²) in [5.41, 5.74) is 1.15. The average molecular weight is 389 g/mol. The van der Waals surface area contributed by atoms with Crippen LogP contribution in [0.15, 0.2) is 0 Å². The van der Waals surface area contributed by atoms with Crippen molar-refractivity contribution < 1.29 is 5.11 Å². The maximum Gasteiger partial charge on any atom is 0.0543 e. The van der Waals surface area contributed by atoms with Gasteiger partial charge in [-0.2, -0.15) is 0 Å². The van der Waals surface area contributed by atoms with Crippen LogP contribution in [0.2, 0.25) is 0 Å². The first-order chi connectivity index (χ1) is 13.3. The summed E-state index contributed by atoms with van der Waals surface area (Å²) >= 11 is 0. The lowest BCUT2D eigenvalue weighted by molar-refractivity contribution is -0.129. The van der Waals surface area contributed by atoms with Crippen LogP contribution in [0.25, 0.3) is 0 Å². The second kappa shape index (κ2) is 7.90. The minimum atomic E-state index is -0.00830. The van der Waals surface area contributed by atoms with Gasteiger partial charge in [0.25, 0.3) is 0 Å². The molecule has 0 amide bonds. The van der Waals surface area contributed by atoms with Gasteiger partial charge >= 0.3 is 0 Å². The van der Waals surface area contributed by atoms with E-state index < -0.39 is 0 Å². The molecule has 1 heteroatoms. The highest BCUT2D eigenvalue weighted by atomic mass is 16.3. The van der Waals surface area contributed by atoms with Crippen LogP contribution >= 0.6 is 0 Å². The van der Waals surface area contributed by atoms with Gasteiger partial charge in [0, 0.05) is 0 Å². The van der Waals surface area contributed by atoms with Crippen LogP contribution in [0, 0.1) is 52.3 Å². The monoisotopic (exact) mass is 388 g/mol. The molecule has 4 saturated carbocycles. The molecule has 28 heavy (non-hydrogen) atoms. The van der Waals surface area contributed by atoms with Gasteiger partial charge in [0.05, 0.1) is 6.10 Å². The van der Waals surface area contributed by atoms with E-state index in [0.29, 0.717) is 10.8 Å². The van der Waals surface area contributed by atoms with E-state index in [1.807, 2.05) is 0 Å². The maximum absolute atomic E-state index is 10.3. The molecule has 4 aliphatic rings. The Morgan fingerprint density at radius 1 is 0.821 bits per heavy atom. The molecule has 0 aliphatic heterocycles. The number of hydrogen-bond donors (Lipinski definition) is 1. The van der Waals surface area contributed by atoms with Crippen LogP contribution in [0.4, 0.5) is 0 Å². The van der Waals surface area contributed by atoms with Crippen molar-refractivity contribution in [1.29, 1.82) is 0 Å². The largest absolute Gasteiger partial charge is 0.393 e. The Kier molecular flexibility index (Phi) is 5.98. The lowest BCUT2D eigenvalue weighted by Gasteiger charge is -2.61. The Morgan fingerprint density at radius 3 is 2.29 bits per heavy atom. The summed E-state index contributed by atoms with van der Waals surface area (Å²) in [5.74, 6) is 6.49. The number of aliphatic hydroxyl groups is 1. The first-order valence-corrected chi connectivity index (χ1v) is 12.9. The molecule has 1 nitrogen and oxygen atoms in total. The zero-order valence-electron chi connectivity index (χ0n) is 19.6. The fourth-order valence-electron chi connectivity index (χ4n) is 9.26. The Hall–Kier alpha value is -0.0400. The third-order valence-corrected chi connectivity index (χ3v) is 10.8. The lowest BCUT2D eigenvalue weighted by atomic mass is 9.44. The van der Waals surface area contributed by atoms with Crippen LogP contribution in [-0.2, 0) is 0 Å². The number of hydrogen-bond acceptors (Lipinski definition) is 1. The third-order valence-electron chi connectivity index (χ3n) is 10.8. The highest BCUT2D eigenvalue weighted by molar-refractivity contribution is 5.09. The van der Waals surface area contributed by atoms with E-state index in [0.717, 1.165) is 54.3 Å². The molecule has 4 fully saturated rings. The molecule has 0 aromatic rings. The molecule has 4 rings (SSSR count). The summed E-state index contributed by atoms with van der Waals surface area (Å²) in [6.07, 6.45) is 16.6. The van der Waals surface area contributed by atoms with Crippen molar-refractivity contribution in [2.45, 2.75) is 118 Å². The fourth-order valence-corrected chi connectivity index (χ4v) is 9.26. The molecule has 4 unspecified atom stereocenters. The highest BCUT2D eigenvalue weighted by Gasteiger charge is 2.60. The predicted molar refractivity (Wildman–Crippen MR) is 119 cm³/mol. The summed E-state index contributed by atoms with van der Waals surface area (Å²) in [7, 11) is 0. The summed E-state index contributed by atoms with van der Waals surface area (Å²) in [6, 6.07) is 0. The normalized spacial score (nSPS) is 49.4. The molecule has 0 aromatic heterocycles. The molecule has 0 bridgehead atoms. The first kappa shape index (κ1) is 21.2. The minimum Gasteiger partial charge on any atom is -0.393 e. The molecule has 4 aliphatic carbocycles. The molecule has 0 heterocycles. The van der Waals surface area contributed by atoms with Gasteiger partial charge in [-0.25, -0.2) is 0 Å². The van der Waals surface area contributed by atoms with Crippen molar-refractivity contribution in [2.75, 3.05) is 0 Å². The first-order valence-electron chi connectivity index (χ1n) is 12.9. The molecule has 0 aromatic carbocycles. The quantitative estimate of drug-likeness (QED) is 0.518. The molecule has 0 spiro atoms. The van der Waals surface area contributed by atoms with Crippen molar-refractivity contribution in [3.63, 3.8) is 0 Å². The highest BCUT2D eigenvalue weighted by Crippen LogP contribution is 2.68. The van der Waals surface area contributed by atoms with E-state index in [4.69, 9.17) is 0 Å². The summed E-state index contributed by atoms with van der Waals surface area (Å²) in [5, 5.41) is 10.3. The standard InChI is InChI=1S/C27H48O/c1-18(2)7-6-8-19(3)23-11-12-24-22-10-9-20-17-21(28)13-15-26(20,4)25(22)14-16-27(23,24)5/h18-25,28H,6-17H2,1-5H3/t19?,20?,21-,22-,23+,24?,25?,26-,27+/m0/s1. The Morgan fingerprint density at radius 2 is 1.54 bits per heavy atom. The van der Waals surface area contributed by atoms with E-state index in [1.165, 1.54) is 64.2 Å². The Labute approximate surface area is 175 Å². The van der Waals surface area contributed by atoms with E-state index in [-0.39, 0.29) is 6.10 Å². The van der Waals surface area contributed by atoms with Crippen molar-refractivity contribution in [3.05, 3.63) is 0 Å². The molecular formula is C27H48O. The summed E-state index contributed by atoms with van der Waals surface area (Å²) in [6.45, 7) is 12.7. The van der Waals surface area contributed by atoms with Crippen LogP contribution in [0.3, 0.4) is 0 Å². The van der Waals surface area contributed by atoms with Crippen LogP contribution in [0.5, 0.6) is 0 Å². The number of aliphatic hydroxyl groups excluding tert-OH is 1. The minimum absolute atomic E-state index is 0.00830. The molecular weight excluding hydrogens is 340 g/mol. The fraction of sp³-hybridized carbons (Fsp3) is 1.00. The summed E-state index contributed by atoms with van der Waals surface area (Å²) < 4.78 is 0. The van der Waals surface area contributed by atoms with Gasteiger partial charge in [-0.1, -0.05) is 53.9 Å². The molecule has 0 saturated heterocycles. The molecule has 0 radical (unpaired) electrons. The second-order valence-corrected chi connectivity index (χ2v) is 12.6.